The van der Waals surface area contributed by atoms with Crippen LogP contribution in [0.25, 0.3) is 0 Å². The number of rotatable bonds is 3. The molecule has 4 heteroatoms. The molecule has 1 saturated heterocycles. The van der Waals surface area contributed by atoms with E-state index in [9.17, 15) is 0 Å². The average molecular weight is 239 g/mol. The van der Waals surface area contributed by atoms with Gasteiger partial charge >= 0.3 is 0 Å². The zero-order valence-corrected chi connectivity index (χ0v) is 11.2. The quantitative estimate of drug-likeness (QED) is 0.877. The van der Waals surface area contributed by atoms with Crippen LogP contribution in [-0.4, -0.2) is 31.2 Å². The Hall–Kier alpha value is -0.610. The molecule has 2 rings (SSSR count). The van der Waals surface area contributed by atoms with Crippen LogP contribution in [0, 0.1) is 0 Å². The van der Waals surface area contributed by atoms with Gasteiger partial charge in [0.15, 0.2) is 5.13 Å². The minimum Gasteiger partial charge on any atom is -0.346 e. The van der Waals surface area contributed by atoms with Crippen LogP contribution in [0.1, 0.15) is 32.9 Å². The van der Waals surface area contributed by atoms with E-state index in [4.69, 9.17) is 4.98 Å². The maximum atomic E-state index is 4.79. The zero-order valence-electron chi connectivity index (χ0n) is 10.4. The summed E-state index contributed by atoms with van der Waals surface area (Å²) in [5, 5.41) is 6.78. The Morgan fingerprint density at radius 2 is 2.12 bits per heavy atom. The molecule has 1 N–H and O–H groups in total. The van der Waals surface area contributed by atoms with Crippen molar-refractivity contribution >= 4 is 16.5 Å². The van der Waals surface area contributed by atoms with E-state index in [-0.39, 0.29) is 5.41 Å². The Bertz CT molecular complexity index is 340. The third kappa shape index (κ3) is 2.38. The molecule has 0 bridgehead atoms. The van der Waals surface area contributed by atoms with Crippen LogP contribution in [0.3, 0.4) is 0 Å². The van der Waals surface area contributed by atoms with Gasteiger partial charge in [-0.2, -0.15) is 0 Å². The first-order chi connectivity index (χ1) is 7.63. The summed E-state index contributed by atoms with van der Waals surface area (Å²) in [6.45, 7) is 11.1. The number of nitrogens with one attached hydrogen (secondary N) is 1. The van der Waals surface area contributed by atoms with Crippen molar-refractivity contribution < 1.29 is 0 Å². The summed E-state index contributed by atoms with van der Waals surface area (Å²) in [5.74, 6) is 0. The smallest absolute Gasteiger partial charge is 0.185 e. The lowest BCUT2D eigenvalue weighted by molar-refractivity contribution is 0.492. The molecule has 3 nitrogen and oxygen atoms in total. The topological polar surface area (TPSA) is 28.2 Å². The van der Waals surface area contributed by atoms with Crippen molar-refractivity contribution in [2.24, 2.45) is 0 Å². The van der Waals surface area contributed by atoms with E-state index in [2.05, 4.69) is 36.4 Å². The summed E-state index contributed by atoms with van der Waals surface area (Å²) in [4.78, 5) is 7.18. The second-order valence-corrected chi connectivity index (χ2v) is 5.83. The molecule has 0 aromatic carbocycles. The van der Waals surface area contributed by atoms with Gasteiger partial charge in [0.25, 0.3) is 0 Å². The fraction of sp³-hybridized carbons (Fsp3) is 0.750. The van der Waals surface area contributed by atoms with Crippen LogP contribution in [0.2, 0.25) is 0 Å². The molecule has 0 spiro atoms. The molecular formula is C12H21N3S. The second kappa shape index (κ2) is 4.72. The number of thiazole rings is 1. The van der Waals surface area contributed by atoms with E-state index >= 15 is 0 Å². The Balaban J connectivity index is 2.12. The molecule has 0 unspecified atom stereocenters. The summed E-state index contributed by atoms with van der Waals surface area (Å²) < 4.78 is 0. The van der Waals surface area contributed by atoms with Gasteiger partial charge in [0, 0.05) is 37.0 Å². The minimum atomic E-state index is 0.211. The number of hydrogen-bond donors (Lipinski definition) is 1. The molecule has 0 atom stereocenters. The lowest BCUT2D eigenvalue weighted by Gasteiger charge is -2.27. The second-order valence-electron chi connectivity index (χ2n) is 4.99. The van der Waals surface area contributed by atoms with E-state index in [0.29, 0.717) is 0 Å². The molecule has 1 fully saturated rings. The van der Waals surface area contributed by atoms with Crippen LogP contribution < -0.4 is 10.2 Å². The molecular weight excluding hydrogens is 218 g/mol. The van der Waals surface area contributed by atoms with Crippen molar-refractivity contribution in [1.29, 1.82) is 0 Å². The van der Waals surface area contributed by atoms with Gasteiger partial charge in [-0.1, -0.05) is 20.8 Å². The van der Waals surface area contributed by atoms with Crippen LogP contribution >= 0.6 is 11.3 Å². The number of hydrogen-bond acceptors (Lipinski definition) is 4. The summed E-state index contributed by atoms with van der Waals surface area (Å²) in [6, 6.07) is 0. The molecule has 0 saturated carbocycles. The number of nitrogens with zero attached hydrogens (tertiary/aromatic N) is 2. The van der Waals surface area contributed by atoms with E-state index in [1.165, 1.54) is 10.8 Å². The maximum absolute atomic E-state index is 4.79. The highest BCUT2D eigenvalue weighted by atomic mass is 32.1. The first-order valence-corrected chi connectivity index (χ1v) is 6.93. The van der Waals surface area contributed by atoms with Gasteiger partial charge < -0.3 is 10.2 Å². The predicted molar refractivity (Wildman–Crippen MR) is 70.5 cm³/mol. The fourth-order valence-corrected chi connectivity index (χ4v) is 2.83. The van der Waals surface area contributed by atoms with Gasteiger partial charge in [0.1, 0.15) is 0 Å². The zero-order chi connectivity index (χ0) is 11.6. The molecule has 90 valence electrons. The van der Waals surface area contributed by atoms with Gasteiger partial charge in [0.2, 0.25) is 0 Å². The van der Waals surface area contributed by atoms with Crippen LogP contribution in [0.4, 0.5) is 5.13 Å². The molecule has 1 aromatic heterocycles. The van der Waals surface area contributed by atoms with E-state index in [1.54, 1.807) is 11.3 Å². The van der Waals surface area contributed by atoms with Crippen molar-refractivity contribution in [2.45, 2.75) is 32.6 Å². The van der Waals surface area contributed by atoms with Gasteiger partial charge in [-0.05, 0) is 6.42 Å². The maximum Gasteiger partial charge on any atom is 0.185 e. The standard InChI is InChI=1S/C12H21N3S/c1-4-12(2,3)10-9-16-11(14-10)15-7-5-13-6-8-15/h9,13H,4-8H2,1-3H3. The summed E-state index contributed by atoms with van der Waals surface area (Å²) in [7, 11) is 0. The van der Waals surface area contributed by atoms with Crippen molar-refractivity contribution in [3.63, 3.8) is 0 Å². The van der Waals surface area contributed by atoms with Crippen molar-refractivity contribution in [2.75, 3.05) is 31.1 Å². The Kier molecular flexibility index (Phi) is 3.50. The van der Waals surface area contributed by atoms with Gasteiger partial charge in [-0.25, -0.2) is 4.98 Å². The van der Waals surface area contributed by atoms with Crippen molar-refractivity contribution in [3.05, 3.63) is 11.1 Å². The molecule has 16 heavy (non-hydrogen) atoms. The lowest BCUT2D eigenvalue weighted by atomic mass is 9.87. The predicted octanol–water partition coefficient (Wildman–Crippen LogP) is 2.24. The molecule has 1 aromatic rings. The van der Waals surface area contributed by atoms with E-state index in [0.717, 1.165) is 32.6 Å². The summed E-state index contributed by atoms with van der Waals surface area (Å²) in [6.07, 6.45) is 1.14. The Morgan fingerprint density at radius 1 is 1.44 bits per heavy atom. The van der Waals surface area contributed by atoms with Crippen LogP contribution in [0.5, 0.6) is 0 Å². The summed E-state index contributed by atoms with van der Waals surface area (Å²) in [5.41, 5.74) is 1.46. The van der Waals surface area contributed by atoms with E-state index in [1.807, 2.05) is 0 Å². The SMILES string of the molecule is CCC(C)(C)c1csc(N2CCNCC2)n1. The Morgan fingerprint density at radius 3 is 2.75 bits per heavy atom. The molecule has 1 aliphatic heterocycles. The van der Waals surface area contributed by atoms with Crippen LogP contribution in [0.15, 0.2) is 5.38 Å². The molecule has 1 aliphatic rings. The highest BCUT2D eigenvalue weighted by Gasteiger charge is 2.23. The molecule has 0 radical (unpaired) electrons. The highest BCUT2D eigenvalue weighted by Crippen LogP contribution is 2.31. The summed E-state index contributed by atoms with van der Waals surface area (Å²) >= 11 is 1.79. The lowest BCUT2D eigenvalue weighted by Crippen LogP contribution is -2.43. The first-order valence-electron chi connectivity index (χ1n) is 6.05. The third-order valence-corrected chi connectivity index (χ3v) is 4.36. The fourth-order valence-electron chi connectivity index (χ4n) is 1.76. The van der Waals surface area contributed by atoms with Gasteiger partial charge in [0.05, 0.1) is 5.69 Å². The third-order valence-electron chi connectivity index (χ3n) is 3.46. The number of aromatic nitrogens is 1. The molecule has 2 heterocycles. The van der Waals surface area contributed by atoms with Gasteiger partial charge in [-0.3, -0.25) is 0 Å². The van der Waals surface area contributed by atoms with Crippen LogP contribution in [-0.2, 0) is 5.41 Å². The number of piperazine rings is 1. The monoisotopic (exact) mass is 239 g/mol. The number of anilines is 1. The Labute approximate surface area is 102 Å². The molecule has 0 amide bonds. The first kappa shape index (κ1) is 11.9. The normalized spacial score (nSPS) is 17.8. The molecule has 0 aliphatic carbocycles. The van der Waals surface area contributed by atoms with Gasteiger partial charge in [-0.15, -0.1) is 11.3 Å². The highest BCUT2D eigenvalue weighted by molar-refractivity contribution is 7.13. The van der Waals surface area contributed by atoms with Crippen molar-refractivity contribution in [3.8, 4) is 0 Å². The largest absolute Gasteiger partial charge is 0.346 e. The minimum absolute atomic E-state index is 0.211. The average Bonchev–Trinajstić information content (AvgIpc) is 2.80. The van der Waals surface area contributed by atoms with Crippen molar-refractivity contribution in [1.82, 2.24) is 10.3 Å². The van der Waals surface area contributed by atoms with E-state index < -0.39 is 0 Å².